The third kappa shape index (κ3) is 3.33. The lowest BCUT2D eigenvalue weighted by Gasteiger charge is -2.33. The van der Waals surface area contributed by atoms with Crippen molar-refractivity contribution in [3.63, 3.8) is 0 Å². The highest BCUT2D eigenvalue weighted by atomic mass is 19.1. The maximum Gasteiger partial charge on any atom is 0.141 e. The van der Waals surface area contributed by atoms with Gasteiger partial charge in [-0.25, -0.2) is 15.2 Å². The van der Waals surface area contributed by atoms with E-state index in [1.165, 1.54) is 0 Å². The molecule has 0 radical (unpaired) electrons. The topological polar surface area (TPSA) is 73.0 Å². The predicted octanol–water partition coefficient (Wildman–Crippen LogP) is 3.08. The standard InChI is InChI=1S/C19H27FN6/c1-22-17(18-16-6-8-23-19(16)24-12-26(18)21)14-4-2-13(3-5-14)10-25-9-7-15(20)11-25/h6,8,12-15,23H,1-5,7,9-11,21H2/b18-17-/t13-,14-,15-/m0/s1. The van der Waals surface area contributed by atoms with Crippen molar-refractivity contribution < 1.29 is 4.39 Å². The van der Waals surface area contributed by atoms with Gasteiger partial charge in [-0.2, -0.15) is 0 Å². The Bertz CT molecular complexity index is 715. The van der Waals surface area contributed by atoms with Gasteiger partial charge in [-0.1, -0.05) is 0 Å². The Balaban J connectivity index is 1.46. The van der Waals surface area contributed by atoms with Gasteiger partial charge in [-0.15, -0.1) is 0 Å². The number of alkyl halides is 1. The second-order valence-corrected chi connectivity index (χ2v) is 7.65. The number of likely N-dealkylation sites (tertiary alicyclic amines) is 1. The zero-order chi connectivity index (χ0) is 18.1. The molecular formula is C19H27FN6. The molecule has 1 aliphatic carbocycles. The lowest BCUT2D eigenvalue weighted by molar-refractivity contribution is 0.203. The minimum Gasteiger partial charge on any atom is -0.346 e. The van der Waals surface area contributed by atoms with Gasteiger partial charge in [0.1, 0.15) is 18.3 Å². The van der Waals surface area contributed by atoms with Crippen LogP contribution in [0.4, 0.5) is 10.2 Å². The molecule has 0 bridgehead atoms. The third-order valence-electron chi connectivity index (χ3n) is 5.93. The van der Waals surface area contributed by atoms with E-state index in [-0.39, 0.29) is 0 Å². The largest absolute Gasteiger partial charge is 0.346 e. The molecule has 7 heteroatoms. The summed E-state index contributed by atoms with van der Waals surface area (Å²) in [5.41, 5.74) is 2.84. The number of nitrogens with two attached hydrogens (primary N) is 1. The van der Waals surface area contributed by atoms with Crippen molar-refractivity contribution >= 4 is 24.6 Å². The third-order valence-corrected chi connectivity index (χ3v) is 5.93. The lowest BCUT2D eigenvalue weighted by Crippen LogP contribution is -2.33. The van der Waals surface area contributed by atoms with Crippen LogP contribution in [0, 0.1) is 11.8 Å². The highest BCUT2D eigenvalue weighted by Gasteiger charge is 2.31. The molecule has 0 spiro atoms. The van der Waals surface area contributed by atoms with Crippen molar-refractivity contribution in [2.24, 2.45) is 27.7 Å². The van der Waals surface area contributed by atoms with Crippen molar-refractivity contribution in [1.82, 2.24) is 14.9 Å². The molecule has 4 rings (SSSR count). The molecule has 0 unspecified atom stereocenters. The Morgan fingerprint density at radius 1 is 1.35 bits per heavy atom. The van der Waals surface area contributed by atoms with Gasteiger partial charge in [0.05, 0.1) is 11.4 Å². The van der Waals surface area contributed by atoms with E-state index in [0.29, 0.717) is 24.8 Å². The minimum atomic E-state index is -0.633. The normalized spacial score (nSPS) is 31.2. The number of hydrogen-bond acceptors (Lipinski definition) is 5. The summed E-state index contributed by atoms with van der Waals surface area (Å²) in [5.74, 6) is 7.98. The molecule has 3 heterocycles. The van der Waals surface area contributed by atoms with Gasteiger partial charge >= 0.3 is 0 Å². The fourth-order valence-electron chi connectivity index (χ4n) is 4.58. The highest BCUT2D eigenvalue weighted by Crippen LogP contribution is 2.40. The summed E-state index contributed by atoms with van der Waals surface area (Å²) in [6, 6.07) is 1.98. The number of rotatable bonds is 4. The van der Waals surface area contributed by atoms with Crippen LogP contribution in [0.3, 0.4) is 0 Å². The molecule has 3 N–H and O–H groups in total. The first-order valence-electron chi connectivity index (χ1n) is 9.49. The van der Waals surface area contributed by atoms with Crippen LogP contribution < -0.4 is 5.84 Å². The number of H-pyrrole nitrogens is 1. The smallest absolute Gasteiger partial charge is 0.141 e. The van der Waals surface area contributed by atoms with Gasteiger partial charge in [0.15, 0.2) is 0 Å². The Morgan fingerprint density at radius 3 is 2.85 bits per heavy atom. The summed E-state index contributed by atoms with van der Waals surface area (Å²) in [6.07, 6.45) is 7.97. The van der Waals surface area contributed by atoms with Crippen LogP contribution in [0.5, 0.6) is 0 Å². The summed E-state index contributed by atoms with van der Waals surface area (Å²) in [7, 11) is 0. The lowest BCUT2D eigenvalue weighted by atomic mass is 9.79. The van der Waals surface area contributed by atoms with E-state index < -0.39 is 6.17 Å². The second kappa shape index (κ2) is 7.32. The van der Waals surface area contributed by atoms with E-state index in [9.17, 15) is 4.39 Å². The first-order chi connectivity index (χ1) is 12.7. The summed E-state index contributed by atoms with van der Waals surface area (Å²) in [6.45, 7) is 6.36. The zero-order valence-corrected chi connectivity index (χ0v) is 15.1. The Morgan fingerprint density at radius 2 is 2.15 bits per heavy atom. The van der Waals surface area contributed by atoms with Gasteiger partial charge in [0.25, 0.3) is 0 Å². The van der Waals surface area contributed by atoms with Crippen molar-refractivity contribution in [2.45, 2.75) is 38.3 Å². The molecule has 1 aromatic rings. The van der Waals surface area contributed by atoms with Gasteiger partial charge in [-0.3, -0.25) is 10.0 Å². The van der Waals surface area contributed by atoms with E-state index >= 15 is 0 Å². The number of aliphatic imine (C=N–C) groups is 2. The number of allylic oxidation sites excluding steroid dienone is 1. The quantitative estimate of drug-likeness (QED) is 0.642. The number of hydrogen-bond donors (Lipinski definition) is 2. The predicted molar refractivity (Wildman–Crippen MR) is 103 cm³/mol. The molecule has 140 valence electrons. The molecule has 2 fully saturated rings. The van der Waals surface area contributed by atoms with Gasteiger partial charge < -0.3 is 9.88 Å². The summed E-state index contributed by atoms with van der Waals surface area (Å²) >= 11 is 0. The van der Waals surface area contributed by atoms with E-state index in [0.717, 1.165) is 61.5 Å². The monoisotopic (exact) mass is 358 g/mol. The van der Waals surface area contributed by atoms with Crippen molar-refractivity contribution in [2.75, 3.05) is 19.6 Å². The zero-order valence-electron chi connectivity index (χ0n) is 15.1. The van der Waals surface area contributed by atoms with Crippen LogP contribution in [-0.2, 0) is 0 Å². The molecule has 1 saturated heterocycles. The summed E-state index contributed by atoms with van der Waals surface area (Å²) in [4.78, 5) is 14.1. The maximum atomic E-state index is 13.4. The molecule has 3 aliphatic rings. The average Bonchev–Trinajstić information content (AvgIpc) is 3.27. The van der Waals surface area contributed by atoms with Crippen LogP contribution in [0.2, 0.25) is 0 Å². The van der Waals surface area contributed by atoms with Gasteiger partial charge in [0, 0.05) is 37.3 Å². The molecule has 0 aromatic carbocycles. The summed E-state index contributed by atoms with van der Waals surface area (Å²) in [5, 5.41) is 1.55. The fourth-order valence-corrected chi connectivity index (χ4v) is 4.58. The van der Waals surface area contributed by atoms with Crippen molar-refractivity contribution in [1.29, 1.82) is 0 Å². The molecular weight excluding hydrogens is 331 g/mol. The first kappa shape index (κ1) is 17.4. The number of nitrogens with one attached hydrogen (secondary N) is 1. The minimum absolute atomic E-state index is 0.353. The number of halogens is 1. The molecule has 1 aromatic heterocycles. The van der Waals surface area contributed by atoms with Crippen LogP contribution in [0.15, 0.2) is 27.9 Å². The van der Waals surface area contributed by atoms with E-state index in [1.54, 1.807) is 11.3 Å². The van der Waals surface area contributed by atoms with Crippen LogP contribution >= 0.6 is 0 Å². The number of nitrogens with zero attached hydrogens (tertiary/aromatic N) is 4. The van der Waals surface area contributed by atoms with Crippen molar-refractivity contribution in [3.05, 3.63) is 23.5 Å². The van der Waals surface area contributed by atoms with Crippen LogP contribution in [0.1, 0.15) is 37.7 Å². The van der Waals surface area contributed by atoms with E-state index in [4.69, 9.17) is 5.84 Å². The highest BCUT2D eigenvalue weighted by molar-refractivity contribution is 5.87. The Hall–Kier alpha value is -1.99. The summed E-state index contributed by atoms with van der Waals surface area (Å²) < 4.78 is 13.4. The van der Waals surface area contributed by atoms with Crippen LogP contribution in [0.25, 0.3) is 5.70 Å². The number of aromatic nitrogens is 1. The molecule has 6 nitrogen and oxygen atoms in total. The van der Waals surface area contributed by atoms with E-state index in [2.05, 4.69) is 26.6 Å². The maximum absolute atomic E-state index is 13.4. The fraction of sp³-hybridized carbons (Fsp3) is 0.579. The van der Waals surface area contributed by atoms with Crippen molar-refractivity contribution in [3.8, 4) is 0 Å². The Labute approximate surface area is 153 Å². The number of hydrazine groups is 1. The van der Waals surface area contributed by atoms with Gasteiger partial charge in [-0.05, 0) is 50.8 Å². The second-order valence-electron chi connectivity index (χ2n) is 7.65. The first-order valence-corrected chi connectivity index (χ1v) is 9.49. The van der Waals surface area contributed by atoms with Gasteiger partial charge in [0.2, 0.25) is 0 Å². The average molecular weight is 358 g/mol. The SMILES string of the molecule is C=N/C(=C1/c2cc[nH]c2N=CN1N)[C@H]1CC[C@H](CN2CC[C@H](F)C2)CC1. The molecule has 26 heavy (non-hydrogen) atoms. The Kier molecular flexibility index (Phi) is 4.91. The molecule has 1 atom stereocenters. The van der Waals surface area contributed by atoms with Crippen LogP contribution in [-0.4, -0.2) is 53.8 Å². The molecule has 2 aliphatic heterocycles. The molecule has 1 saturated carbocycles. The number of fused-ring (bicyclic) bond motifs is 1. The van der Waals surface area contributed by atoms with E-state index in [1.807, 2.05) is 12.3 Å². The number of aromatic amines is 1. The molecule has 0 amide bonds.